The molecular formula is C118H76N9+. The van der Waals surface area contributed by atoms with Crippen LogP contribution in [0.15, 0.2) is 461 Å². The first-order valence-corrected chi connectivity index (χ1v) is 43.1. The zero-order chi connectivity index (χ0) is 83.8. The van der Waals surface area contributed by atoms with E-state index in [4.69, 9.17) is 24.9 Å². The van der Waals surface area contributed by atoms with Gasteiger partial charge in [0.2, 0.25) is 0 Å². The van der Waals surface area contributed by atoms with Gasteiger partial charge in [0.1, 0.15) is 23.8 Å². The van der Waals surface area contributed by atoms with Crippen LogP contribution in [0.2, 0.25) is 0 Å². The first kappa shape index (κ1) is 73.8. The minimum Gasteiger partial charge on any atom is -0.292 e. The molecule has 127 heavy (non-hydrogen) atoms. The highest BCUT2D eigenvalue weighted by Crippen LogP contribution is 2.44. The van der Waals surface area contributed by atoms with Crippen LogP contribution in [0.1, 0.15) is 0 Å². The van der Waals surface area contributed by atoms with E-state index < -0.39 is 0 Å². The van der Waals surface area contributed by atoms with Crippen LogP contribution in [-0.2, 0) is 0 Å². The molecule has 9 heteroatoms. The predicted octanol–water partition coefficient (Wildman–Crippen LogP) is 29.7. The summed E-state index contributed by atoms with van der Waals surface area (Å²) in [6, 6.07) is 159. The summed E-state index contributed by atoms with van der Waals surface area (Å²) >= 11 is 0. The molecule has 0 aliphatic heterocycles. The summed E-state index contributed by atoms with van der Waals surface area (Å²) in [6.07, 6.45) is 4.40. The lowest BCUT2D eigenvalue weighted by molar-refractivity contribution is -0.513. The lowest BCUT2D eigenvalue weighted by Gasteiger charge is -2.15. The Labute approximate surface area is 731 Å². The van der Waals surface area contributed by atoms with Gasteiger partial charge in [-0.25, -0.2) is 24.3 Å². The molecule has 0 N–H and O–H groups in total. The molecule has 0 bridgehead atoms. The van der Waals surface area contributed by atoms with Crippen molar-refractivity contribution in [3.63, 3.8) is 0 Å². The van der Waals surface area contributed by atoms with Crippen molar-refractivity contribution in [3.05, 3.63) is 461 Å². The van der Waals surface area contributed by atoms with Crippen molar-refractivity contribution in [2.45, 2.75) is 0 Å². The minimum atomic E-state index is 0.823. The van der Waals surface area contributed by atoms with Gasteiger partial charge in [-0.1, -0.05) is 352 Å². The average molecular weight is 1620 g/mol. The van der Waals surface area contributed by atoms with Crippen molar-refractivity contribution in [2.24, 2.45) is 0 Å². The molecule has 26 rings (SSSR count). The number of aromatic nitrogens is 9. The number of hydrogen-bond acceptors (Lipinski definition) is 5. The number of rotatable bonds is 10. The molecule has 19 aromatic carbocycles. The minimum absolute atomic E-state index is 0.823. The fourth-order valence-corrected chi connectivity index (χ4v) is 18.7. The van der Waals surface area contributed by atoms with Crippen LogP contribution in [0.5, 0.6) is 0 Å². The lowest BCUT2D eigenvalue weighted by Crippen LogP contribution is -2.24. The molecule has 0 aliphatic rings. The van der Waals surface area contributed by atoms with Crippen LogP contribution in [0.25, 0.3) is 232 Å². The van der Waals surface area contributed by atoms with Crippen molar-refractivity contribution in [2.75, 3.05) is 0 Å². The maximum atomic E-state index is 5.39. The topological polar surface area (TPSA) is 83.3 Å². The van der Waals surface area contributed by atoms with Gasteiger partial charge >= 0.3 is 5.65 Å². The lowest BCUT2D eigenvalue weighted by atomic mass is 10.0. The van der Waals surface area contributed by atoms with Crippen LogP contribution in [0.3, 0.4) is 0 Å². The highest BCUT2D eigenvalue weighted by atomic mass is 15.1. The molecule has 0 radical (unpaired) electrons. The second-order valence-corrected chi connectivity index (χ2v) is 32.5. The van der Waals surface area contributed by atoms with E-state index >= 15 is 0 Å². The average Bonchev–Trinajstić information content (AvgIpc) is 1.58. The number of benzene rings is 19. The van der Waals surface area contributed by atoms with Gasteiger partial charge in [-0.3, -0.25) is 13.7 Å². The second-order valence-electron chi connectivity index (χ2n) is 32.5. The van der Waals surface area contributed by atoms with E-state index in [1.807, 2.05) is 24.3 Å². The molecule has 0 saturated heterocycles. The van der Waals surface area contributed by atoms with Crippen molar-refractivity contribution >= 4 is 136 Å². The first-order valence-electron chi connectivity index (χ1n) is 43.1. The van der Waals surface area contributed by atoms with E-state index in [2.05, 4.69) is 455 Å². The van der Waals surface area contributed by atoms with Crippen molar-refractivity contribution in [1.82, 2.24) is 38.6 Å². The fraction of sp³-hybridized carbons (Fsp3) is 0. The van der Waals surface area contributed by atoms with E-state index in [9.17, 15) is 0 Å². The van der Waals surface area contributed by atoms with E-state index in [-0.39, 0.29) is 0 Å². The Morgan fingerprint density at radius 1 is 0.165 bits per heavy atom. The third kappa shape index (κ3) is 13.3. The van der Waals surface area contributed by atoms with Crippen LogP contribution >= 0.6 is 0 Å². The molecule has 0 atom stereocenters. The van der Waals surface area contributed by atoms with Gasteiger partial charge in [0.25, 0.3) is 5.82 Å². The Balaban J connectivity index is 0.000000107. The maximum Gasteiger partial charge on any atom is 0.330 e. The van der Waals surface area contributed by atoms with Gasteiger partial charge in [0.15, 0.2) is 11.6 Å². The highest BCUT2D eigenvalue weighted by Gasteiger charge is 2.27. The second kappa shape index (κ2) is 31.1. The summed E-state index contributed by atoms with van der Waals surface area (Å²) in [4.78, 5) is 26.9. The Hall–Kier alpha value is -17.1. The number of nitrogens with zero attached hydrogens (tertiary/aromatic N) is 9. The summed E-state index contributed by atoms with van der Waals surface area (Å²) < 4.78 is 9.09. The van der Waals surface area contributed by atoms with E-state index in [1.54, 1.807) is 0 Å². The first-order chi connectivity index (χ1) is 62.9. The van der Waals surface area contributed by atoms with Gasteiger partial charge in [0, 0.05) is 55.1 Å². The Morgan fingerprint density at radius 3 is 0.921 bits per heavy atom. The van der Waals surface area contributed by atoms with Crippen molar-refractivity contribution in [1.29, 1.82) is 0 Å². The maximum absolute atomic E-state index is 5.39. The standard InChI is InChI=1S/C42H27N3.C40H25N3.C36H24N3/c1-3-11-28(12-4-1)30-19-21-31(22-20-30)41-42(44-37-24-23-34(26-38(37)43-41)29-13-5-2-6-14-29)45-39-18-10-9-17-35(39)36-25-32-15-7-8-16-33(32)27-40(36)45;1-2-10-26(11-3-1)31-20-21-35-36(24-31)41-39(32-19-18-27-12-4-5-13-28(27)22-32)40(42-35)43-37-17-9-8-16-33(37)34-23-29-14-6-7-15-30(29)25-38(34)43;1-3-11-25(12-4-1)29-19-20-35-37-36(32(24-38(35)23-29)26-13-5-2-6-14-26)39-33-18-10-9-17-30(33)31-21-27-15-7-8-16-28(27)22-34(31)39/h1-27H;1-25H;1-24H/q;;+1. The smallest absolute Gasteiger partial charge is 0.292 e. The van der Waals surface area contributed by atoms with Gasteiger partial charge in [-0.15, -0.1) is 0 Å². The van der Waals surface area contributed by atoms with Gasteiger partial charge < -0.3 is 0 Å². The molecule has 0 aliphatic carbocycles. The van der Waals surface area contributed by atoms with Gasteiger partial charge in [-0.05, 0) is 184 Å². The summed E-state index contributed by atoms with van der Waals surface area (Å²) in [5, 5.41) is 17.0. The van der Waals surface area contributed by atoms with Crippen LogP contribution in [0, 0.1) is 0 Å². The number of fused-ring (bicyclic) bond motifs is 16. The predicted molar refractivity (Wildman–Crippen MR) is 528 cm³/mol. The van der Waals surface area contributed by atoms with Crippen molar-refractivity contribution in [3.8, 4) is 95.6 Å². The highest BCUT2D eigenvalue weighted by molar-refractivity contribution is 6.17. The summed E-state index contributed by atoms with van der Waals surface area (Å²) in [5.41, 5.74) is 26.4. The third-order valence-electron chi connectivity index (χ3n) is 24.9. The monoisotopic (exact) mass is 1620 g/mol. The van der Waals surface area contributed by atoms with Crippen molar-refractivity contribution < 1.29 is 4.40 Å². The molecule has 7 heterocycles. The van der Waals surface area contributed by atoms with Crippen LogP contribution < -0.4 is 4.40 Å². The number of hydrogen-bond donors (Lipinski definition) is 0. The number of para-hydroxylation sites is 3. The summed E-state index contributed by atoms with van der Waals surface area (Å²) in [6.45, 7) is 0. The molecule has 9 nitrogen and oxygen atoms in total. The molecular weight excluding hydrogens is 1540 g/mol. The molecule has 26 aromatic rings. The molecule has 592 valence electrons. The zero-order valence-electron chi connectivity index (χ0n) is 68.9. The normalized spacial score (nSPS) is 11.6. The SMILES string of the molecule is c1ccc(-c2ccc(-c3nc4cc(-c5ccccc5)ccc4nc3-n3c4ccccc4c4cc5ccccc5cc43)cc2)cc1.c1ccc(-c2ccc3nc(-n4c5ccccc5c5cc6ccccc6cc54)c(-c4ccc5ccccc5c4)nc3c2)cc1.c1ccc(-c2ccc3nc(-n4c5ccccc5c5cc6ccccc6cc54)c(-c4ccccc4)c[n+]3c2)cc1. The molecule has 0 saturated carbocycles. The van der Waals surface area contributed by atoms with Crippen LogP contribution in [-0.4, -0.2) is 38.6 Å². The molecule has 0 spiro atoms. The fourth-order valence-electron chi connectivity index (χ4n) is 18.7. The summed E-state index contributed by atoms with van der Waals surface area (Å²) in [7, 11) is 0. The van der Waals surface area contributed by atoms with Crippen LogP contribution in [0.4, 0.5) is 0 Å². The summed E-state index contributed by atoms with van der Waals surface area (Å²) in [5.74, 6) is 2.58. The van der Waals surface area contributed by atoms with Gasteiger partial charge in [0.05, 0.1) is 60.7 Å². The third-order valence-corrected chi connectivity index (χ3v) is 24.9. The van der Waals surface area contributed by atoms with E-state index in [0.29, 0.717) is 0 Å². The van der Waals surface area contributed by atoms with E-state index in [0.717, 1.165) is 140 Å². The molecule has 0 fully saturated rings. The largest absolute Gasteiger partial charge is 0.330 e. The molecule has 7 aromatic heterocycles. The molecule has 0 amide bonds. The van der Waals surface area contributed by atoms with Gasteiger partial charge in [-0.2, -0.15) is 0 Å². The Bertz CT molecular complexity index is 8810. The zero-order valence-corrected chi connectivity index (χ0v) is 68.9. The molecule has 0 unspecified atom stereocenters. The van der Waals surface area contributed by atoms with E-state index in [1.165, 1.54) is 92.1 Å². The number of pyridine rings is 1. The Kier molecular flexibility index (Phi) is 18.0. The quantitative estimate of drug-likeness (QED) is 0.127. The Morgan fingerprint density at radius 2 is 0.480 bits per heavy atom.